The summed E-state index contributed by atoms with van der Waals surface area (Å²) >= 11 is 5.91. The van der Waals surface area contributed by atoms with Crippen LogP contribution in [0.15, 0.2) is 12.3 Å². The van der Waals surface area contributed by atoms with E-state index in [4.69, 9.17) is 16.3 Å². The van der Waals surface area contributed by atoms with Gasteiger partial charge in [0.05, 0.1) is 5.56 Å². The lowest BCUT2D eigenvalue weighted by Crippen LogP contribution is -2.41. The van der Waals surface area contributed by atoms with Gasteiger partial charge in [-0.1, -0.05) is 11.6 Å². The Morgan fingerprint density at radius 2 is 2.18 bits per heavy atom. The van der Waals surface area contributed by atoms with Crippen LogP contribution in [0.5, 0.6) is 0 Å². The van der Waals surface area contributed by atoms with Crippen LogP contribution in [0.1, 0.15) is 28.8 Å². The van der Waals surface area contributed by atoms with Crippen molar-refractivity contribution in [3.05, 3.63) is 28.5 Å². The largest absolute Gasteiger partial charge is 0.450 e. The number of hydrogen-bond acceptors (Lipinski definition) is 4. The molecule has 0 aromatic carbocycles. The number of aromatic nitrogens is 1. The van der Waals surface area contributed by atoms with E-state index < -0.39 is 5.60 Å². The number of likely N-dealkylation sites (tertiary alicyclic amines) is 1. The second-order valence-corrected chi connectivity index (χ2v) is 5.13. The second kappa shape index (κ2) is 3.68. The summed E-state index contributed by atoms with van der Waals surface area (Å²) in [6, 6.07) is 1.77. The number of piperidine rings is 1. The van der Waals surface area contributed by atoms with Gasteiger partial charge in [0, 0.05) is 37.7 Å². The maximum absolute atomic E-state index is 11.8. The van der Waals surface area contributed by atoms with E-state index in [-0.39, 0.29) is 5.97 Å². The third-order valence-corrected chi connectivity index (χ3v) is 3.87. The van der Waals surface area contributed by atoms with Gasteiger partial charge in [-0.15, -0.1) is 0 Å². The van der Waals surface area contributed by atoms with Crippen molar-refractivity contribution in [2.45, 2.75) is 18.4 Å². The van der Waals surface area contributed by atoms with E-state index in [1.165, 1.54) is 6.20 Å². The van der Waals surface area contributed by atoms with Crippen molar-refractivity contribution >= 4 is 17.6 Å². The standard InChI is InChI=1S/C12H13ClN2O2/c1-15-4-2-12(3-5-15)9-6-10(13)14-7-8(9)11(16)17-12/h6-7H,2-5H2,1H3. The molecular weight excluding hydrogens is 240 g/mol. The fourth-order valence-electron chi connectivity index (χ4n) is 2.61. The molecule has 0 unspecified atom stereocenters. The van der Waals surface area contributed by atoms with Crippen molar-refractivity contribution in [1.82, 2.24) is 9.88 Å². The van der Waals surface area contributed by atoms with E-state index in [9.17, 15) is 4.79 Å². The van der Waals surface area contributed by atoms with E-state index in [0.29, 0.717) is 10.7 Å². The van der Waals surface area contributed by atoms with Crippen LogP contribution in [0, 0.1) is 0 Å². The minimum absolute atomic E-state index is 0.270. The van der Waals surface area contributed by atoms with Crippen LogP contribution in [0.25, 0.3) is 0 Å². The summed E-state index contributed by atoms with van der Waals surface area (Å²) in [5.74, 6) is -0.270. The topological polar surface area (TPSA) is 42.4 Å². The Bertz CT molecular complexity index is 481. The lowest BCUT2D eigenvalue weighted by molar-refractivity contribution is -0.0394. The van der Waals surface area contributed by atoms with E-state index in [2.05, 4.69) is 16.9 Å². The molecule has 2 aliphatic rings. The quantitative estimate of drug-likeness (QED) is 0.522. The van der Waals surface area contributed by atoms with Gasteiger partial charge < -0.3 is 9.64 Å². The number of nitrogens with zero attached hydrogens (tertiary/aromatic N) is 2. The highest BCUT2D eigenvalue weighted by Crippen LogP contribution is 2.44. The molecule has 2 aliphatic heterocycles. The molecule has 0 aliphatic carbocycles. The van der Waals surface area contributed by atoms with Crippen molar-refractivity contribution in [2.75, 3.05) is 20.1 Å². The molecule has 0 N–H and O–H groups in total. The Morgan fingerprint density at radius 3 is 2.88 bits per heavy atom. The van der Waals surface area contributed by atoms with Crippen LogP contribution in [0.4, 0.5) is 0 Å². The fourth-order valence-corrected chi connectivity index (χ4v) is 2.77. The second-order valence-electron chi connectivity index (χ2n) is 4.74. The summed E-state index contributed by atoms with van der Waals surface area (Å²) in [6.45, 7) is 1.85. The lowest BCUT2D eigenvalue weighted by Gasteiger charge is -2.36. The van der Waals surface area contributed by atoms with Crippen LogP contribution in [0.3, 0.4) is 0 Å². The Morgan fingerprint density at radius 1 is 1.47 bits per heavy atom. The van der Waals surface area contributed by atoms with Gasteiger partial charge in [0.2, 0.25) is 0 Å². The molecule has 0 bridgehead atoms. The summed E-state index contributed by atoms with van der Waals surface area (Å²) in [4.78, 5) is 18.0. The SMILES string of the molecule is CN1CCC2(CC1)OC(=O)c1cnc(Cl)cc12. The molecule has 1 aromatic heterocycles. The minimum Gasteiger partial charge on any atom is -0.450 e. The predicted octanol–water partition coefficient (Wildman–Crippen LogP) is 1.83. The van der Waals surface area contributed by atoms with Gasteiger partial charge in [-0.25, -0.2) is 9.78 Å². The number of ether oxygens (including phenoxy) is 1. The molecule has 5 heteroatoms. The van der Waals surface area contributed by atoms with Gasteiger partial charge in [-0.3, -0.25) is 0 Å². The monoisotopic (exact) mass is 252 g/mol. The Balaban J connectivity index is 2.05. The Labute approximate surface area is 105 Å². The fraction of sp³-hybridized carbons (Fsp3) is 0.500. The molecule has 0 saturated carbocycles. The predicted molar refractivity (Wildman–Crippen MR) is 63.1 cm³/mol. The van der Waals surface area contributed by atoms with Gasteiger partial charge in [-0.05, 0) is 13.1 Å². The maximum atomic E-state index is 11.8. The first-order valence-corrected chi connectivity index (χ1v) is 6.06. The first-order chi connectivity index (χ1) is 8.11. The zero-order valence-corrected chi connectivity index (χ0v) is 10.3. The number of fused-ring (bicyclic) bond motifs is 2. The molecule has 3 rings (SSSR count). The first kappa shape index (κ1) is 11.0. The van der Waals surface area contributed by atoms with Gasteiger partial charge in [0.1, 0.15) is 10.8 Å². The molecule has 0 atom stereocenters. The van der Waals surface area contributed by atoms with Gasteiger partial charge in [-0.2, -0.15) is 0 Å². The molecule has 1 saturated heterocycles. The number of carbonyl (C=O) groups is 1. The zero-order valence-electron chi connectivity index (χ0n) is 9.57. The van der Waals surface area contributed by atoms with Crippen molar-refractivity contribution in [2.24, 2.45) is 0 Å². The highest BCUT2D eigenvalue weighted by Gasteiger charge is 2.47. The number of hydrogen-bond donors (Lipinski definition) is 0. The van der Waals surface area contributed by atoms with Crippen molar-refractivity contribution in [3.63, 3.8) is 0 Å². The summed E-state index contributed by atoms with van der Waals surface area (Å²) < 4.78 is 5.60. The van der Waals surface area contributed by atoms with E-state index in [1.54, 1.807) is 6.07 Å². The summed E-state index contributed by atoms with van der Waals surface area (Å²) in [5, 5.41) is 0.417. The maximum Gasteiger partial charge on any atom is 0.341 e. The summed E-state index contributed by atoms with van der Waals surface area (Å²) in [6.07, 6.45) is 3.16. The summed E-state index contributed by atoms with van der Waals surface area (Å²) in [7, 11) is 2.07. The highest BCUT2D eigenvalue weighted by atomic mass is 35.5. The smallest absolute Gasteiger partial charge is 0.341 e. The van der Waals surface area contributed by atoms with Crippen molar-refractivity contribution in [3.8, 4) is 0 Å². The zero-order chi connectivity index (χ0) is 12.0. The van der Waals surface area contributed by atoms with Crippen LogP contribution < -0.4 is 0 Å². The van der Waals surface area contributed by atoms with Crippen LogP contribution in [-0.4, -0.2) is 36.0 Å². The molecule has 0 amide bonds. The molecule has 1 spiro atoms. The van der Waals surface area contributed by atoms with Crippen LogP contribution in [-0.2, 0) is 10.3 Å². The normalized spacial score (nSPS) is 22.6. The Hall–Kier alpha value is -1.13. The number of rotatable bonds is 0. The minimum atomic E-state index is -0.467. The number of pyridine rings is 1. The van der Waals surface area contributed by atoms with E-state index in [0.717, 1.165) is 31.5 Å². The molecule has 1 aromatic rings. The molecular formula is C12H13ClN2O2. The molecule has 17 heavy (non-hydrogen) atoms. The average Bonchev–Trinajstić information content (AvgIpc) is 2.57. The molecule has 0 radical (unpaired) electrons. The van der Waals surface area contributed by atoms with Crippen LogP contribution >= 0.6 is 11.6 Å². The Kier molecular flexibility index (Phi) is 2.38. The molecule has 3 heterocycles. The third kappa shape index (κ3) is 1.63. The highest BCUT2D eigenvalue weighted by molar-refractivity contribution is 6.29. The third-order valence-electron chi connectivity index (χ3n) is 3.66. The number of carbonyl (C=O) groups excluding carboxylic acids is 1. The number of esters is 1. The molecule has 90 valence electrons. The van der Waals surface area contributed by atoms with Gasteiger partial charge in [0.15, 0.2) is 0 Å². The first-order valence-electron chi connectivity index (χ1n) is 5.69. The lowest BCUT2D eigenvalue weighted by atomic mass is 9.84. The molecule has 1 fully saturated rings. The van der Waals surface area contributed by atoms with Gasteiger partial charge in [0.25, 0.3) is 0 Å². The average molecular weight is 253 g/mol. The van der Waals surface area contributed by atoms with Crippen molar-refractivity contribution < 1.29 is 9.53 Å². The van der Waals surface area contributed by atoms with E-state index in [1.807, 2.05) is 0 Å². The van der Waals surface area contributed by atoms with Gasteiger partial charge >= 0.3 is 5.97 Å². The van der Waals surface area contributed by atoms with Crippen LogP contribution in [0.2, 0.25) is 5.15 Å². The number of halogens is 1. The molecule has 4 nitrogen and oxygen atoms in total. The van der Waals surface area contributed by atoms with Crippen molar-refractivity contribution in [1.29, 1.82) is 0 Å². The van der Waals surface area contributed by atoms with E-state index >= 15 is 0 Å². The summed E-state index contributed by atoms with van der Waals surface area (Å²) in [5.41, 5.74) is 1.01.